The van der Waals surface area contributed by atoms with E-state index in [1.807, 2.05) is 21.0 Å². The Morgan fingerprint density at radius 2 is 2.20 bits per heavy atom. The molecule has 0 saturated heterocycles. The van der Waals surface area contributed by atoms with Gasteiger partial charge in [-0.05, 0) is 12.0 Å². The molecule has 0 aromatic heterocycles. The highest BCUT2D eigenvalue weighted by molar-refractivity contribution is 6.27. The van der Waals surface area contributed by atoms with Gasteiger partial charge in [-0.2, -0.15) is 5.10 Å². The van der Waals surface area contributed by atoms with Gasteiger partial charge in [0.1, 0.15) is 0 Å². The van der Waals surface area contributed by atoms with Crippen LogP contribution in [0.25, 0.3) is 0 Å². The maximum absolute atomic E-state index is 5.48. The molecule has 0 fully saturated rings. The molecule has 0 atom stereocenters. The fourth-order valence-electron chi connectivity index (χ4n) is 0.386. The molecule has 0 N–H and O–H groups in total. The third-order valence-electron chi connectivity index (χ3n) is 1.00. The molecule has 0 radical (unpaired) electrons. The summed E-state index contributed by atoms with van der Waals surface area (Å²) in [7, 11) is 3.75. The summed E-state index contributed by atoms with van der Waals surface area (Å²) < 4.78 is 0. The smallest absolute Gasteiger partial charge is 0.0510 e. The summed E-state index contributed by atoms with van der Waals surface area (Å²) in [6.07, 6.45) is 2.67. The van der Waals surface area contributed by atoms with Crippen LogP contribution in [-0.2, 0) is 0 Å². The van der Waals surface area contributed by atoms with Crippen LogP contribution in [0.2, 0.25) is 0 Å². The number of allylic oxidation sites excluding steroid dienone is 1. The topological polar surface area (TPSA) is 15.6 Å². The Balaban J connectivity index is 3.86. The Hall–Kier alpha value is -0.500. The van der Waals surface area contributed by atoms with Gasteiger partial charge in [-0.15, -0.1) is 0 Å². The number of hydrogen-bond donors (Lipinski definition) is 0. The van der Waals surface area contributed by atoms with Gasteiger partial charge < -0.3 is 5.01 Å². The van der Waals surface area contributed by atoms with Gasteiger partial charge in [0.25, 0.3) is 0 Å². The third kappa shape index (κ3) is 4.39. The quantitative estimate of drug-likeness (QED) is 0.456. The Kier molecular flexibility index (Phi) is 5.03. The summed E-state index contributed by atoms with van der Waals surface area (Å²) in [5, 5.41) is 5.75. The van der Waals surface area contributed by atoms with E-state index in [4.69, 9.17) is 11.6 Å². The molecule has 0 aromatic carbocycles. The van der Waals surface area contributed by atoms with E-state index in [-0.39, 0.29) is 0 Å². The molecule has 0 aromatic rings. The first-order valence-corrected chi connectivity index (χ1v) is 3.65. The van der Waals surface area contributed by atoms with Crippen LogP contribution in [0.3, 0.4) is 0 Å². The molecule has 10 heavy (non-hydrogen) atoms. The van der Waals surface area contributed by atoms with Gasteiger partial charge in [0.15, 0.2) is 0 Å². The van der Waals surface area contributed by atoms with Gasteiger partial charge in [-0.25, -0.2) is 0 Å². The second-order valence-corrected chi connectivity index (χ2v) is 2.35. The monoisotopic (exact) mass is 160 g/mol. The zero-order valence-electron chi connectivity index (χ0n) is 6.63. The molecule has 3 heteroatoms. The maximum atomic E-state index is 5.48. The van der Waals surface area contributed by atoms with Crippen molar-refractivity contribution >= 4 is 17.8 Å². The largest absolute Gasteiger partial charge is 0.303 e. The highest BCUT2D eigenvalue weighted by Crippen LogP contribution is 1.98. The number of halogens is 1. The van der Waals surface area contributed by atoms with Crippen LogP contribution in [0, 0.1) is 0 Å². The van der Waals surface area contributed by atoms with Gasteiger partial charge in [0.2, 0.25) is 0 Å². The van der Waals surface area contributed by atoms with E-state index in [2.05, 4.69) is 5.10 Å². The van der Waals surface area contributed by atoms with E-state index in [0.717, 1.165) is 12.0 Å². The summed E-state index contributed by atoms with van der Waals surface area (Å²) in [5.74, 6) is 0. The second-order valence-electron chi connectivity index (χ2n) is 2.13. The van der Waals surface area contributed by atoms with Gasteiger partial charge in [-0.3, -0.25) is 0 Å². The number of hydrogen-bond acceptors (Lipinski definition) is 2. The summed E-state index contributed by atoms with van der Waals surface area (Å²) in [4.78, 5) is 0. The molecule has 0 aliphatic rings. The minimum absolute atomic E-state index is 0.918. The van der Waals surface area contributed by atoms with Crippen molar-refractivity contribution < 1.29 is 0 Å². The van der Waals surface area contributed by atoms with Crippen molar-refractivity contribution in [2.45, 2.75) is 13.3 Å². The van der Waals surface area contributed by atoms with Crippen LogP contribution in [0.1, 0.15) is 13.3 Å². The minimum Gasteiger partial charge on any atom is -0.303 e. The third-order valence-corrected chi connectivity index (χ3v) is 1.28. The molecule has 58 valence electrons. The summed E-state index contributed by atoms with van der Waals surface area (Å²) >= 11 is 5.48. The molecule has 0 spiro atoms. The zero-order valence-corrected chi connectivity index (χ0v) is 7.39. The van der Waals surface area contributed by atoms with E-state index < -0.39 is 0 Å². The Morgan fingerprint density at radius 3 is 2.50 bits per heavy atom. The molecule has 0 unspecified atom stereocenters. The molecular formula is C7H13ClN2. The minimum atomic E-state index is 0.918. The predicted octanol–water partition coefficient (Wildman–Crippen LogP) is 2.07. The molecule has 0 saturated carbocycles. The second kappa shape index (κ2) is 5.30. The van der Waals surface area contributed by atoms with Crippen molar-refractivity contribution in [2.24, 2.45) is 5.10 Å². The van der Waals surface area contributed by atoms with Crippen molar-refractivity contribution in [3.05, 3.63) is 11.1 Å². The van der Waals surface area contributed by atoms with E-state index in [1.54, 1.807) is 16.8 Å². The summed E-state index contributed by atoms with van der Waals surface area (Å²) in [6.45, 7) is 2.04. The first-order chi connectivity index (χ1) is 4.70. The molecular weight excluding hydrogens is 148 g/mol. The van der Waals surface area contributed by atoms with Crippen LogP contribution in [0.15, 0.2) is 16.2 Å². The molecule has 0 rings (SSSR count). The fourth-order valence-corrected chi connectivity index (χ4v) is 0.597. The van der Waals surface area contributed by atoms with Crippen LogP contribution >= 0.6 is 11.6 Å². The number of nitrogens with zero attached hydrogens (tertiary/aromatic N) is 2. The highest BCUT2D eigenvalue weighted by atomic mass is 35.5. The molecule has 0 aliphatic carbocycles. The lowest BCUT2D eigenvalue weighted by molar-refractivity contribution is 0.440. The predicted molar refractivity (Wildman–Crippen MR) is 46.4 cm³/mol. The van der Waals surface area contributed by atoms with Crippen molar-refractivity contribution in [1.82, 2.24) is 5.01 Å². The molecule has 0 heterocycles. The zero-order chi connectivity index (χ0) is 7.98. The average molecular weight is 161 g/mol. The van der Waals surface area contributed by atoms with Crippen molar-refractivity contribution in [1.29, 1.82) is 0 Å². The highest BCUT2D eigenvalue weighted by Gasteiger charge is 1.85. The lowest BCUT2D eigenvalue weighted by Crippen LogP contribution is -2.01. The molecule has 0 bridgehead atoms. The van der Waals surface area contributed by atoms with Gasteiger partial charge in [0, 0.05) is 19.6 Å². The van der Waals surface area contributed by atoms with Gasteiger partial charge in [0.05, 0.1) is 6.21 Å². The Labute approximate surface area is 67.2 Å². The Morgan fingerprint density at radius 1 is 1.60 bits per heavy atom. The molecule has 0 amide bonds. The van der Waals surface area contributed by atoms with Crippen LogP contribution < -0.4 is 0 Å². The standard InChI is InChI=1S/C7H13ClN2/c1-4-7(5-8)6-9-10(2)3/h5-6H,4H2,1-3H3/b7-5-,9-6+. The van der Waals surface area contributed by atoms with Crippen molar-refractivity contribution in [3.8, 4) is 0 Å². The average Bonchev–Trinajstić information content (AvgIpc) is 1.90. The van der Waals surface area contributed by atoms with Gasteiger partial charge in [-0.1, -0.05) is 18.5 Å². The lowest BCUT2D eigenvalue weighted by atomic mass is 10.3. The van der Waals surface area contributed by atoms with Crippen LogP contribution in [0.5, 0.6) is 0 Å². The Bertz CT molecular complexity index is 139. The first kappa shape index (κ1) is 9.50. The molecule has 0 aliphatic heterocycles. The number of hydrazone groups is 1. The van der Waals surface area contributed by atoms with E-state index in [1.165, 1.54) is 0 Å². The summed E-state index contributed by atoms with van der Waals surface area (Å²) in [5.41, 5.74) is 2.59. The maximum Gasteiger partial charge on any atom is 0.0510 e. The van der Waals surface area contributed by atoms with E-state index in [9.17, 15) is 0 Å². The van der Waals surface area contributed by atoms with Gasteiger partial charge >= 0.3 is 0 Å². The van der Waals surface area contributed by atoms with E-state index >= 15 is 0 Å². The van der Waals surface area contributed by atoms with Crippen molar-refractivity contribution in [3.63, 3.8) is 0 Å². The lowest BCUT2D eigenvalue weighted by Gasteiger charge is -2.02. The summed E-state index contributed by atoms with van der Waals surface area (Å²) in [6, 6.07) is 0. The normalized spacial score (nSPS) is 12.6. The van der Waals surface area contributed by atoms with E-state index in [0.29, 0.717) is 0 Å². The van der Waals surface area contributed by atoms with Crippen LogP contribution in [0.4, 0.5) is 0 Å². The SMILES string of the molecule is CCC(=C/Cl)/C=N/N(C)C. The van der Waals surface area contributed by atoms with Crippen molar-refractivity contribution in [2.75, 3.05) is 14.1 Å². The fraction of sp³-hybridized carbons (Fsp3) is 0.571. The molecule has 2 nitrogen and oxygen atoms in total. The number of rotatable bonds is 3. The van der Waals surface area contributed by atoms with Crippen LogP contribution in [-0.4, -0.2) is 25.3 Å². The first-order valence-electron chi connectivity index (χ1n) is 3.21.